The lowest BCUT2D eigenvalue weighted by Crippen LogP contribution is -2.31. The SMILES string of the molecule is CCCNC(CC)Cc1nc(-c2cc(OC)ncn2)no1. The Morgan fingerprint density at radius 2 is 2.19 bits per heavy atom. The van der Waals surface area contributed by atoms with E-state index in [1.54, 1.807) is 13.2 Å². The van der Waals surface area contributed by atoms with Gasteiger partial charge in [0.05, 0.1) is 7.11 Å². The highest BCUT2D eigenvalue weighted by Gasteiger charge is 2.14. The van der Waals surface area contributed by atoms with E-state index >= 15 is 0 Å². The van der Waals surface area contributed by atoms with Crippen LogP contribution in [-0.2, 0) is 6.42 Å². The zero-order valence-corrected chi connectivity index (χ0v) is 12.7. The third kappa shape index (κ3) is 4.22. The molecule has 0 aliphatic rings. The number of ether oxygens (including phenoxy) is 1. The molecule has 2 aromatic heterocycles. The first-order valence-electron chi connectivity index (χ1n) is 7.19. The summed E-state index contributed by atoms with van der Waals surface area (Å²) in [6, 6.07) is 2.03. The number of hydrogen-bond donors (Lipinski definition) is 1. The fourth-order valence-corrected chi connectivity index (χ4v) is 1.94. The highest BCUT2D eigenvalue weighted by atomic mass is 16.5. The van der Waals surface area contributed by atoms with Gasteiger partial charge in [-0.05, 0) is 19.4 Å². The maximum Gasteiger partial charge on any atom is 0.228 e. The van der Waals surface area contributed by atoms with Crippen molar-refractivity contribution < 1.29 is 9.26 Å². The Balaban J connectivity index is 2.06. The normalized spacial score (nSPS) is 12.3. The Labute approximate surface area is 124 Å². The van der Waals surface area contributed by atoms with Crippen LogP contribution >= 0.6 is 0 Å². The van der Waals surface area contributed by atoms with E-state index in [2.05, 4.69) is 39.3 Å². The second-order valence-electron chi connectivity index (χ2n) is 4.72. The summed E-state index contributed by atoms with van der Waals surface area (Å²) in [5.74, 6) is 1.54. The molecule has 0 spiro atoms. The molecule has 1 atom stereocenters. The van der Waals surface area contributed by atoms with Crippen molar-refractivity contribution in [1.82, 2.24) is 25.4 Å². The molecule has 2 rings (SSSR count). The van der Waals surface area contributed by atoms with Crippen molar-refractivity contribution >= 4 is 0 Å². The van der Waals surface area contributed by atoms with E-state index in [9.17, 15) is 0 Å². The van der Waals surface area contributed by atoms with Crippen LogP contribution in [-0.4, -0.2) is 39.8 Å². The first-order chi connectivity index (χ1) is 10.3. The Morgan fingerprint density at radius 3 is 2.90 bits per heavy atom. The number of rotatable bonds is 8. The van der Waals surface area contributed by atoms with Gasteiger partial charge < -0.3 is 14.6 Å². The van der Waals surface area contributed by atoms with Gasteiger partial charge in [0, 0.05) is 18.5 Å². The molecular weight excluding hydrogens is 270 g/mol. The fourth-order valence-electron chi connectivity index (χ4n) is 1.94. The third-order valence-electron chi connectivity index (χ3n) is 3.15. The molecule has 2 aromatic rings. The van der Waals surface area contributed by atoms with Gasteiger partial charge in [0.1, 0.15) is 12.0 Å². The van der Waals surface area contributed by atoms with Crippen molar-refractivity contribution in [3.8, 4) is 17.4 Å². The molecule has 0 aliphatic heterocycles. The second kappa shape index (κ2) is 7.68. The molecule has 7 nitrogen and oxygen atoms in total. The van der Waals surface area contributed by atoms with E-state index in [4.69, 9.17) is 9.26 Å². The second-order valence-corrected chi connectivity index (χ2v) is 4.72. The van der Waals surface area contributed by atoms with Crippen LogP contribution in [0, 0.1) is 0 Å². The summed E-state index contributed by atoms with van der Waals surface area (Å²) in [7, 11) is 1.55. The Morgan fingerprint density at radius 1 is 1.33 bits per heavy atom. The molecule has 0 bridgehead atoms. The number of nitrogens with one attached hydrogen (secondary N) is 1. The van der Waals surface area contributed by atoms with Crippen molar-refractivity contribution in [2.24, 2.45) is 0 Å². The van der Waals surface area contributed by atoms with Crippen LogP contribution in [0.1, 0.15) is 32.6 Å². The van der Waals surface area contributed by atoms with Crippen molar-refractivity contribution in [3.05, 3.63) is 18.3 Å². The monoisotopic (exact) mass is 291 g/mol. The average molecular weight is 291 g/mol. The minimum Gasteiger partial charge on any atom is -0.481 e. The predicted molar refractivity (Wildman–Crippen MR) is 78.0 cm³/mol. The van der Waals surface area contributed by atoms with E-state index in [1.165, 1.54) is 6.33 Å². The minimum absolute atomic E-state index is 0.346. The van der Waals surface area contributed by atoms with Crippen LogP contribution in [0.25, 0.3) is 11.5 Å². The van der Waals surface area contributed by atoms with Crippen molar-refractivity contribution in [3.63, 3.8) is 0 Å². The molecule has 0 saturated heterocycles. The lowest BCUT2D eigenvalue weighted by molar-refractivity contribution is 0.354. The minimum atomic E-state index is 0.346. The van der Waals surface area contributed by atoms with E-state index in [0.29, 0.717) is 35.8 Å². The smallest absolute Gasteiger partial charge is 0.228 e. The van der Waals surface area contributed by atoms with E-state index in [0.717, 1.165) is 19.4 Å². The maximum atomic E-state index is 5.30. The highest BCUT2D eigenvalue weighted by Crippen LogP contribution is 2.17. The molecule has 0 amide bonds. The molecule has 0 aromatic carbocycles. The summed E-state index contributed by atoms with van der Waals surface area (Å²) in [5, 5.41) is 7.43. The van der Waals surface area contributed by atoms with Gasteiger partial charge in [-0.2, -0.15) is 4.98 Å². The summed E-state index contributed by atoms with van der Waals surface area (Å²) < 4.78 is 10.4. The predicted octanol–water partition coefficient (Wildman–Crippen LogP) is 1.86. The molecule has 1 unspecified atom stereocenters. The zero-order chi connectivity index (χ0) is 15.1. The summed E-state index contributed by atoms with van der Waals surface area (Å²) in [6.07, 6.45) is 4.25. The van der Waals surface area contributed by atoms with Crippen LogP contribution in [0.15, 0.2) is 16.9 Å². The largest absolute Gasteiger partial charge is 0.481 e. The van der Waals surface area contributed by atoms with Gasteiger partial charge >= 0.3 is 0 Å². The molecule has 1 N–H and O–H groups in total. The third-order valence-corrected chi connectivity index (χ3v) is 3.15. The molecule has 0 radical (unpaired) electrons. The number of aromatic nitrogens is 4. The lowest BCUT2D eigenvalue weighted by atomic mass is 10.1. The van der Waals surface area contributed by atoms with Crippen molar-refractivity contribution in [2.45, 2.75) is 39.2 Å². The van der Waals surface area contributed by atoms with Crippen LogP contribution in [0.4, 0.5) is 0 Å². The van der Waals surface area contributed by atoms with Gasteiger partial charge in [-0.15, -0.1) is 0 Å². The van der Waals surface area contributed by atoms with Gasteiger partial charge in [-0.1, -0.05) is 19.0 Å². The Kier molecular flexibility index (Phi) is 5.62. The molecule has 0 aliphatic carbocycles. The molecule has 114 valence electrons. The van der Waals surface area contributed by atoms with Gasteiger partial charge in [0.2, 0.25) is 17.6 Å². The quantitative estimate of drug-likeness (QED) is 0.794. The summed E-state index contributed by atoms with van der Waals surface area (Å²) in [6.45, 7) is 5.27. The molecule has 0 fully saturated rings. The van der Waals surface area contributed by atoms with Crippen LogP contribution in [0.2, 0.25) is 0 Å². The maximum absolute atomic E-state index is 5.30. The number of nitrogens with zero attached hydrogens (tertiary/aromatic N) is 4. The summed E-state index contributed by atoms with van der Waals surface area (Å²) >= 11 is 0. The van der Waals surface area contributed by atoms with Crippen LogP contribution < -0.4 is 10.1 Å². The van der Waals surface area contributed by atoms with Gasteiger partial charge in [0.15, 0.2) is 0 Å². The average Bonchev–Trinajstić information content (AvgIpc) is 3.00. The highest BCUT2D eigenvalue weighted by molar-refractivity contribution is 5.49. The van der Waals surface area contributed by atoms with Gasteiger partial charge in [-0.25, -0.2) is 9.97 Å². The van der Waals surface area contributed by atoms with Gasteiger partial charge in [0.25, 0.3) is 0 Å². The van der Waals surface area contributed by atoms with Crippen LogP contribution in [0.5, 0.6) is 5.88 Å². The zero-order valence-electron chi connectivity index (χ0n) is 12.7. The number of hydrogen-bond acceptors (Lipinski definition) is 7. The molecular formula is C14H21N5O2. The van der Waals surface area contributed by atoms with E-state index < -0.39 is 0 Å². The van der Waals surface area contributed by atoms with Crippen LogP contribution in [0.3, 0.4) is 0 Å². The van der Waals surface area contributed by atoms with Gasteiger partial charge in [-0.3, -0.25) is 0 Å². The van der Waals surface area contributed by atoms with E-state index in [1.807, 2.05) is 0 Å². The molecule has 2 heterocycles. The number of methoxy groups -OCH3 is 1. The summed E-state index contributed by atoms with van der Waals surface area (Å²) in [4.78, 5) is 12.5. The molecule has 7 heteroatoms. The summed E-state index contributed by atoms with van der Waals surface area (Å²) in [5.41, 5.74) is 0.589. The first-order valence-corrected chi connectivity index (χ1v) is 7.19. The first kappa shape index (κ1) is 15.4. The van der Waals surface area contributed by atoms with E-state index in [-0.39, 0.29) is 0 Å². The standard InChI is InChI=1S/C14H21N5O2/c1-4-6-15-10(5-2)7-13-18-14(19-21-13)11-8-12(20-3)17-9-16-11/h8-10,15H,4-7H2,1-3H3. The molecule has 21 heavy (non-hydrogen) atoms. The Bertz CT molecular complexity index is 558. The fraction of sp³-hybridized carbons (Fsp3) is 0.571. The molecule has 0 saturated carbocycles. The van der Waals surface area contributed by atoms with Crippen molar-refractivity contribution in [1.29, 1.82) is 0 Å². The van der Waals surface area contributed by atoms with Crippen molar-refractivity contribution in [2.75, 3.05) is 13.7 Å². The Hall–Kier alpha value is -2.02. The topological polar surface area (TPSA) is 86.0 Å². The lowest BCUT2D eigenvalue weighted by Gasteiger charge is -2.13.